The van der Waals surface area contributed by atoms with Gasteiger partial charge < -0.3 is 34.9 Å². The van der Waals surface area contributed by atoms with E-state index in [1.54, 1.807) is 29.5 Å². The maximum Gasteiger partial charge on any atom is 0.246 e. The van der Waals surface area contributed by atoms with Crippen LogP contribution in [-0.4, -0.2) is 91.7 Å². The second-order valence-corrected chi connectivity index (χ2v) is 12.7. The molecule has 3 N–H and O–H groups in total. The molecule has 0 bridgehead atoms. The van der Waals surface area contributed by atoms with E-state index in [2.05, 4.69) is 16.0 Å². The number of Topliss-reactive ketones (excluding diaryl/α,β-unsaturated/α-hetero) is 1. The van der Waals surface area contributed by atoms with Crippen molar-refractivity contribution in [1.29, 1.82) is 0 Å². The second kappa shape index (κ2) is 17.1. The summed E-state index contributed by atoms with van der Waals surface area (Å²) in [6.45, 7) is 4.26. The molecule has 1 unspecified atom stereocenters. The number of likely N-dealkylation sites (N-methyl/N-ethyl adjacent to an activating group) is 1. The van der Waals surface area contributed by atoms with Crippen LogP contribution in [0.5, 0.6) is 0 Å². The topological polar surface area (TPSA) is 114 Å². The SMILES string of the molecule is CN[C@@H](C)C(=O)NC(C(=O)N1CCNC[C@@H]1C(=O)c1cc2cc(F)c(F)cc2n1CCOCCOCc1ccccc1)C1CCCCC1. The number of carbonyl (C=O) groups is 3. The third kappa shape index (κ3) is 8.65. The molecule has 48 heavy (non-hydrogen) atoms. The van der Waals surface area contributed by atoms with E-state index in [0.29, 0.717) is 37.3 Å². The Morgan fingerprint density at radius 3 is 2.46 bits per heavy atom. The van der Waals surface area contributed by atoms with E-state index in [0.717, 1.165) is 49.8 Å². The van der Waals surface area contributed by atoms with Gasteiger partial charge >= 0.3 is 0 Å². The van der Waals surface area contributed by atoms with Crippen LogP contribution >= 0.6 is 0 Å². The second-order valence-electron chi connectivity index (χ2n) is 12.7. The number of carbonyl (C=O) groups excluding carboxylic acids is 3. The quantitative estimate of drug-likeness (QED) is 0.167. The van der Waals surface area contributed by atoms with Crippen molar-refractivity contribution in [2.75, 3.05) is 46.5 Å². The molecule has 5 rings (SSSR count). The lowest BCUT2D eigenvalue weighted by Gasteiger charge is -2.40. The molecule has 2 heterocycles. The van der Waals surface area contributed by atoms with E-state index < -0.39 is 29.8 Å². The molecule has 10 nitrogen and oxygen atoms in total. The highest BCUT2D eigenvalue weighted by Gasteiger charge is 2.41. The molecule has 2 aromatic carbocycles. The first-order valence-corrected chi connectivity index (χ1v) is 17.0. The zero-order valence-electron chi connectivity index (χ0n) is 27.8. The molecule has 1 aliphatic heterocycles. The summed E-state index contributed by atoms with van der Waals surface area (Å²) < 4.78 is 41.9. The Bertz CT molecular complexity index is 1540. The first-order chi connectivity index (χ1) is 23.3. The van der Waals surface area contributed by atoms with Gasteiger partial charge in [-0.05, 0) is 50.4 Å². The lowest BCUT2D eigenvalue weighted by molar-refractivity contribution is -0.140. The number of amides is 2. The summed E-state index contributed by atoms with van der Waals surface area (Å²) in [5, 5.41) is 9.53. The van der Waals surface area contributed by atoms with Gasteiger partial charge in [-0.1, -0.05) is 49.6 Å². The minimum atomic E-state index is -1.02. The minimum absolute atomic E-state index is 0.0314. The predicted octanol–water partition coefficient (Wildman–Crippen LogP) is 3.81. The maximum atomic E-state index is 14.5. The van der Waals surface area contributed by atoms with Gasteiger partial charge in [0.1, 0.15) is 12.1 Å². The van der Waals surface area contributed by atoms with Crippen LogP contribution in [-0.2, 0) is 32.2 Å². The molecule has 3 atom stereocenters. The van der Waals surface area contributed by atoms with Crippen molar-refractivity contribution < 1.29 is 32.6 Å². The molecule has 2 amide bonds. The van der Waals surface area contributed by atoms with Crippen LogP contribution in [0.2, 0.25) is 0 Å². The van der Waals surface area contributed by atoms with Crippen molar-refractivity contribution >= 4 is 28.5 Å². The van der Waals surface area contributed by atoms with Crippen molar-refractivity contribution in [3.8, 4) is 0 Å². The number of ketones is 1. The molecule has 2 fully saturated rings. The van der Waals surface area contributed by atoms with E-state index in [1.807, 2.05) is 30.3 Å². The average Bonchev–Trinajstić information content (AvgIpc) is 3.46. The Kier molecular flexibility index (Phi) is 12.7. The van der Waals surface area contributed by atoms with Crippen molar-refractivity contribution in [3.05, 3.63) is 71.4 Å². The van der Waals surface area contributed by atoms with Crippen LogP contribution in [0.1, 0.15) is 55.1 Å². The summed E-state index contributed by atoms with van der Waals surface area (Å²) in [5.41, 5.74) is 1.64. The number of fused-ring (bicyclic) bond motifs is 1. The van der Waals surface area contributed by atoms with Crippen molar-refractivity contribution in [2.45, 2.75) is 70.3 Å². The fourth-order valence-corrected chi connectivity index (χ4v) is 6.65. The molecule has 1 saturated heterocycles. The van der Waals surface area contributed by atoms with Crippen LogP contribution in [0, 0.1) is 17.6 Å². The van der Waals surface area contributed by atoms with Gasteiger partial charge in [0.15, 0.2) is 11.6 Å². The normalized spacial score (nSPS) is 18.5. The molecule has 0 radical (unpaired) electrons. The molecule has 2 aliphatic rings. The zero-order chi connectivity index (χ0) is 34.0. The van der Waals surface area contributed by atoms with Gasteiger partial charge in [-0.2, -0.15) is 0 Å². The van der Waals surface area contributed by atoms with Gasteiger partial charge in [0.05, 0.1) is 43.7 Å². The number of hydrogen-bond donors (Lipinski definition) is 3. The third-order valence-corrected chi connectivity index (χ3v) is 9.48. The smallest absolute Gasteiger partial charge is 0.246 e. The highest BCUT2D eigenvalue weighted by Crippen LogP contribution is 2.29. The molecule has 12 heteroatoms. The lowest BCUT2D eigenvalue weighted by atomic mass is 9.82. The summed E-state index contributed by atoms with van der Waals surface area (Å²) in [4.78, 5) is 43.2. The fourth-order valence-electron chi connectivity index (χ4n) is 6.65. The summed E-state index contributed by atoms with van der Waals surface area (Å²) in [7, 11) is 1.69. The molecule has 1 saturated carbocycles. The molecular weight excluding hydrogens is 620 g/mol. The van der Waals surface area contributed by atoms with Gasteiger partial charge in [0, 0.05) is 37.6 Å². The molecule has 0 spiro atoms. The summed E-state index contributed by atoms with van der Waals surface area (Å²) in [5.74, 6) is -2.96. The van der Waals surface area contributed by atoms with Crippen LogP contribution in [0.3, 0.4) is 0 Å². The van der Waals surface area contributed by atoms with Crippen LogP contribution in [0.4, 0.5) is 8.78 Å². The molecule has 1 aliphatic carbocycles. The summed E-state index contributed by atoms with van der Waals surface area (Å²) >= 11 is 0. The molecule has 1 aromatic heterocycles. The van der Waals surface area contributed by atoms with Crippen molar-refractivity contribution in [2.24, 2.45) is 5.92 Å². The largest absolute Gasteiger partial charge is 0.377 e. The first kappa shape index (κ1) is 35.6. The van der Waals surface area contributed by atoms with Crippen molar-refractivity contribution in [3.63, 3.8) is 0 Å². The van der Waals surface area contributed by atoms with Gasteiger partial charge in [0.2, 0.25) is 17.6 Å². The number of ether oxygens (including phenoxy) is 2. The van der Waals surface area contributed by atoms with E-state index in [4.69, 9.17) is 9.47 Å². The number of halogens is 2. The number of nitrogens with zero attached hydrogens (tertiary/aromatic N) is 2. The van der Waals surface area contributed by atoms with Gasteiger partial charge in [-0.3, -0.25) is 14.4 Å². The van der Waals surface area contributed by atoms with E-state index in [9.17, 15) is 23.2 Å². The summed E-state index contributed by atoms with van der Waals surface area (Å²) in [6.07, 6.45) is 4.67. The van der Waals surface area contributed by atoms with Gasteiger partial charge in [0.25, 0.3) is 0 Å². The first-order valence-electron chi connectivity index (χ1n) is 17.0. The Hall–Kier alpha value is -3.71. The fraction of sp³-hybridized carbons (Fsp3) is 0.528. The standard InChI is InChI=1S/C36H47F2N5O5/c1-24(39-2)35(45)41-33(26-11-7-4-8-12-26)36(46)43-14-13-40-22-32(43)34(44)31-20-27-19-28(37)29(38)21-30(27)42(31)15-16-47-17-18-48-23-25-9-5-3-6-10-25/h3,5-6,9-10,19-21,24,26,32-33,39-40H,4,7-8,11-18,22-23H2,1-2H3,(H,41,45)/t24-,32+,33?/m0/s1. The predicted molar refractivity (Wildman–Crippen MR) is 178 cm³/mol. The summed E-state index contributed by atoms with van der Waals surface area (Å²) in [6, 6.07) is 11.4. The van der Waals surface area contributed by atoms with Crippen LogP contribution < -0.4 is 16.0 Å². The number of benzene rings is 2. The van der Waals surface area contributed by atoms with E-state index >= 15 is 0 Å². The Morgan fingerprint density at radius 1 is 0.979 bits per heavy atom. The van der Waals surface area contributed by atoms with Gasteiger partial charge in [-0.15, -0.1) is 0 Å². The van der Waals surface area contributed by atoms with Crippen molar-refractivity contribution in [1.82, 2.24) is 25.4 Å². The zero-order valence-corrected chi connectivity index (χ0v) is 27.8. The number of hydrogen-bond acceptors (Lipinski definition) is 7. The van der Waals surface area contributed by atoms with E-state index in [1.165, 1.54) is 0 Å². The monoisotopic (exact) mass is 667 g/mol. The Balaban J connectivity index is 1.33. The average molecular weight is 668 g/mol. The van der Waals surface area contributed by atoms with Gasteiger partial charge in [-0.25, -0.2) is 8.78 Å². The molecule has 3 aromatic rings. The lowest BCUT2D eigenvalue weighted by Crippen LogP contribution is -2.63. The Morgan fingerprint density at radius 2 is 1.71 bits per heavy atom. The number of piperazine rings is 1. The molecule has 260 valence electrons. The molecular formula is C36H47F2N5O5. The van der Waals surface area contributed by atoms with E-state index in [-0.39, 0.29) is 55.5 Å². The van der Waals surface area contributed by atoms with Crippen LogP contribution in [0.15, 0.2) is 48.5 Å². The van der Waals surface area contributed by atoms with Crippen LogP contribution in [0.25, 0.3) is 10.9 Å². The number of rotatable bonds is 15. The third-order valence-electron chi connectivity index (χ3n) is 9.48. The number of aromatic nitrogens is 1. The highest BCUT2D eigenvalue weighted by atomic mass is 19.2. The number of nitrogens with one attached hydrogen (secondary N) is 3. The minimum Gasteiger partial charge on any atom is -0.377 e. The highest BCUT2D eigenvalue weighted by molar-refractivity contribution is 6.05. The Labute approximate surface area is 280 Å². The maximum absolute atomic E-state index is 14.5.